The highest BCUT2D eigenvalue weighted by Gasteiger charge is 2.37. The number of rotatable bonds is 9. The summed E-state index contributed by atoms with van der Waals surface area (Å²) in [5.74, 6) is 0.895. The SMILES string of the molecule is COC1=CC(N(CCO[Si](C)(C)C(C)(C)C)c2ccc3ncc(-c4ccccc4)nc3c2)=CC(OC)C1. The van der Waals surface area contributed by atoms with Crippen molar-refractivity contribution >= 4 is 25.0 Å². The highest BCUT2D eigenvalue weighted by molar-refractivity contribution is 6.74. The highest BCUT2D eigenvalue weighted by Crippen LogP contribution is 2.37. The minimum atomic E-state index is -1.88. The lowest BCUT2D eigenvalue weighted by molar-refractivity contribution is 0.120. The maximum atomic E-state index is 6.57. The second kappa shape index (κ2) is 11.2. The van der Waals surface area contributed by atoms with E-state index in [1.54, 1.807) is 14.2 Å². The molecule has 1 aromatic heterocycles. The topological polar surface area (TPSA) is 56.7 Å². The first-order chi connectivity index (χ1) is 17.6. The van der Waals surface area contributed by atoms with Crippen LogP contribution in [0, 0.1) is 0 Å². The number of allylic oxidation sites excluding steroid dienone is 1. The van der Waals surface area contributed by atoms with Crippen LogP contribution in [0.2, 0.25) is 18.1 Å². The van der Waals surface area contributed by atoms with Crippen molar-refractivity contribution < 1.29 is 13.9 Å². The van der Waals surface area contributed by atoms with Crippen LogP contribution >= 0.6 is 0 Å². The van der Waals surface area contributed by atoms with E-state index in [2.05, 4.69) is 80.2 Å². The van der Waals surface area contributed by atoms with Crippen LogP contribution in [0.1, 0.15) is 27.2 Å². The van der Waals surface area contributed by atoms with Gasteiger partial charge in [-0.05, 0) is 48.5 Å². The summed E-state index contributed by atoms with van der Waals surface area (Å²) in [5, 5.41) is 0.151. The van der Waals surface area contributed by atoms with Crippen molar-refractivity contribution in [1.29, 1.82) is 0 Å². The third-order valence-electron chi connectivity index (χ3n) is 7.44. The average Bonchev–Trinajstić information content (AvgIpc) is 2.90. The van der Waals surface area contributed by atoms with Crippen LogP contribution in [0.5, 0.6) is 0 Å². The molecule has 37 heavy (non-hydrogen) atoms. The second-order valence-corrected chi connectivity index (χ2v) is 15.7. The van der Waals surface area contributed by atoms with Gasteiger partial charge in [-0.2, -0.15) is 0 Å². The Labute approximate surface area is 222 Å². The summed E-state index contributed by atoms with van der Waals surface area (Å²) in [6.07, 6.45) is 6.75. The monoisotopic (exact) mass is 517 g/mol. The molecule has 4 rings (SSSR count). The number of ether oxygens (including phenoxy) is 2. The Kier molecular flexibility index (Phi) is 8.16. The maximum absolute atomic E-state index is 6.57. The van der Waals surface area contributed by atoms with Gasteiger partial charge in [-0.3, -0.25) is 4.98 Å². The minimum absolute atomic E-state index is 0.0521. The fraction of sp³-hybridized carbons (Fsp3) is 0.400. The molecule has 6 nitrogen and oxygen atoms in total. The van der Waals surface area contributed by atoms with Gasteiger partial charge < -0.3 is 18.8 Å². The Morgan fingerprint density at radius 3 is 2.46 bits per heavy atom. The van der Waals surface area contributed by atoms with E-state index < -0.39 is 8.32 Å². The molecule has 0 saturated carbocycles. The third-order valence-corrected chi connectivity index (χ3v) is 12.0. The molecule has 2 aromatic carbocycles. The first-order valence-electron chi connectivity index (χ1n) is 12.8. The zero-order valence-electron chi connectivity index (χ0n) is 23.1. The molecule has 3 aromatic rings. The molecule has 1 aliphatic rings. The van der Waals surface area contributed by atoms with Crippen molar-refractivity contribution in [2.45, 2.75) is 51.4 Å². The number of anilines is 1. The number of hydrogen-bond donors (Lipinski definition) is 0. The molecular formula is C30H39N3O3Si. The van der Waals surface area contributed by atoms with Crippen molar-refractivity contribution in [1.82, 2.24) is 9.97 Å². The van der Waals surface area contributed by atoms with Gasteiger partial charge in [-0.1, -0.05) is 51.1 Å². The maximum Gasteiger partial charge on any atom is 0.192 e. The van der Waals surface area contributed by atoms with Gasteiger partial charge in [0.15, 0.2) is 8.32 Å². The number of methoxy groups -OCH3 is 2. The number of nitrogens with zero attached hydrogens (tertiary/aromatic N) is 3. The van der Waals surface area contributed by atoms with E-state index in [1.807, 2.05) is 30.5 Å². The number of aromatic nitrogens is 2. The number of hydrogen-bond acceptors (Lipinski definition) is 6. The fourth-order valence-corrected chi connectivity index (χ4v) is 5.15. The molecule has 0 radical (unpaired) electrons. The van der Waals surface area contributed by atoms with E-state index in [0.717, 1.165) is 39.4 Å². The van der Waals surface area contributed by atoms with Crippen molar-refractivity contribution in [3.8, 4) is 11.3 Å². The Morgan fingerprint density at radius 2 is 1.78 bits per heavy atom. The van der Waals surface area contributed by atoms with Crippen LogP contribution in [0.3, 0.4) is 0 Å². The number of fused-ring (bicyclic) bond motifs is 1. The molecule has 196 valence electrons. The predicted molar refractivity (Wildman–Crippen MR) is 154 cm³/mol. The summed E-state index contributed by atoms with van der Waals surface area (Å²) >= 11 is 0. The summed E-state index contributed by atoms with van der Waals surface area (Å²) in [4.78, 5) is 11.9. The van der Waals surface area contributed by atoms with Crippen LogP contribution in [0.25, 0.3) is 22.3 Å². The van der Waals surface area contributed by atoms with E-state index in [-0.39, 0.29) is 11.1 Å². The van der Waals surface area contributed by atoms with E-state index >= 15 is 0 Å². The van der Waals surface area contributed by atoms with Crippen molar-refractivity contribution in [2.75, 3.05) is 32.3 Å². The fourth-order valence-electron chi connectivity index (χ4n) is 4.11. The van der Waals surface area contributed by atoms with Crippen molar-refractivity contribution in [3.63, 3.8) is 0 Å². The lowest BCUT2D eigenvalue weighted by atomic mass is 10.1. The molecule has 0 saturated heterocycles. The van der Waals surface area contributed by atoms with E-state index in [4.69, 9.17) is 18.9 Å². The molecule has 1 atom stereocenters. The molecular weight excluding hydrogens is 478 g/mol. The molecule has 0 N–H and O–H groups in total. The zero-order valence-corrected chi connectivity index (χ0v) is 24.1. The van der Waals surface area contributed by atoms with Crippen molar-refractivity contribution in [3.05, 3.63) is 78.3 Å². The average molecular weight is 518 g/mol. The van der Waals surface area contributed by atoms with E-state index in [1.165, 1.54) is 0 Å². The van der Waals surface area contributed by atoms with Gasteiger partial charge in [-0.15, -0.1) is 0 Å². The molecule has 0 fully saturated rings. The molecule has 0 spiro atoms. The van der Waals surface area contributed by atoms with Crippen LogP contribution < -0.4 is 4.90 Å². The Bertz CT molecular complexity index is 1280. The Hall–Kier alpha value is -3.00. The van der Waals surface area contributed by atoms with Gasteiger partial charge >= 0.3 is 0 Å². The molecule has 7 heteroatoms. The minimum Gasteiger partial charge on any atom is -0.501 e. The van der Waals surface area contributed by atoms with Gasteiger partial charge in [0, 0.05) is 37.0 Å². The lowest BCUT2D eigenvalue weighted by Crippen LogP contribution is -2.42. The zero-order chi connectivity index (χ0) is 26.6. The van der Waals surface area contributed by atoms with Crippen LogP contribution in [0.4, 0.5) is 5.69 Å². The number of benzene rings is 2. The Morgan fingerprint density at radius 1 is 1.03 bits per heavy atom. The lowest BCUT2D eigenvalue weighted by Gasteiger charge is -2.37. The van der Waals surface area contributed by atoms with Gasteiger partial charge in [0.1, 0.15) is 5.76 Å². The van der Waals surface area contributed by atoms with Crippen molar-refractivity contribution in [2.24, 2.45) is 0 Å². The first-order valence-corrected chi connectivity index (χ1v) is 15.7. The summed E-state index contributed by atoms with van der Waals surface area (Å²) in [5.41, 5.74) is 5.68. The quantitative estimate of drug-likeness (QED) is 0.286. The van der Waals surface area contributed by atoms with E-state index in [0.29, 0.717) is 19.6 Å². The van der Waals surface area contributed by atoms with Crippen LogP contribution in [0.15, 0.2) is 78.3 Å². The molecule has 1 unspecified atom stereocenters. The summed E-state index contributed by atoms with van der Waals surface area (Å²) in [6.45, 7) is 12.7. The third kappa shape index (κ3) is 6.29. The normalized spacial score (nSPS) is 16.4. The predicted octanol–water partition coefficient (Wildman–Crippen LogP) is 6.96. The van der Waals surface area contributed by atoms with Gasteiger partial charge in [0.05, 0.1) is 42.7 Å². The van der Waals surface area contributed by atoms with Crippen LogP contribution in [-0.2, 0) is 13.9 Å². The van der Waals surface area contributed by atoms with Gasteiger partial charge in [0.2, 0.25) is 0 Å². The second-order valence-electron chi connectivity index (χ2n) is 10.9. The molecule has 1 aliphatic carbocycles. The molecule has 0 bridgehead atoms. The smallest absolute Gasteiger partial charge is 0.192 e. The highest BCUT2D eigenvalue weighted by atomic mass is 28.4. The largest absolute Gasteiger partial charge is 0.501 e. The first kappa shape index (κ1) is 27.0. The Balaban J connectivity index is 1.71. The van der Waals surface area contributed by atoms with E-state index in [9.17, 15) is 0 Å². The standard InChI is InChI=1S/C30H39N3O3Si/c1-30(2,3)37(6,7)36-16-15-33(24-17-25(34-4)20-26(18-24)35-5)23-13-14-27-28(19-23)32-29(21-31-27)22-11-9-8-10-12-22/h8-14,17-19,21,25H,15-16,20H2,1-7H3. The molecule has 0 aliphatic heterocycles. The van der Waals surface area contributed by atoms with Gasteiger partial charge in [0.25, 0.3) is 0 Å². The molecule has 1 heterocycles. The summed E-state index contributed by atoms with van der Waals surface area (Å²) < 4.78 is 17.9. The van der Waals surface area contributed by atoms with Gasteiger partial charge in [-0.25, -0.2) is 4.98 Å². The van der Waals surface area contributed by atoms with Crippen LogP contribution in [-0.4, -0.2) is 51.8 Å². The molecule has 0 amide bonds. The summed E-state index contributed by atoms with van der Waals surface area (Å²) in [6, 6.07) is 16.4. The summed E-state index contributed by atoms with van der Waals surface area (Å²) in [7, 11) is 1.56.